The summed E-state index contributed by atoms with van der Waals surface area (Å²) >= 11 is 0. The maximum atomic E-state index is 2.60. The standard InChI is InChI=1S/C15H22N2/c1-16-11-8-14-13(12-16)6-5-7-15(14)17-9-3-2-4-10-17/h5-7H,2-4,8-12H2,1H3. The highest BCUT2D eigenvalue weighted by atomic mass is 15.1. The van der Waals surface area contributed by atoms with Gasteiger partial charge in [-0.25, -0.2) is 0 Å². The molecule has 0 radical (unpaired) electrons. The second kappa shape index (κ2) is 4.69. The summed E-state index contributed by atoms with van der Waals surface area (Å²) in [5.41, 5.74) is 4.68. The second-order valence-electron chi connectivity index (χ2n) is 5.45. The van der Waals surface area contributed by atoms with Gasteiger partial charge in [-0.05, 0) is 49.9 Å². The summed E-state index contributed by atoms with van der Waals surface area (Å²) in [6.45, 7) is 4.84. The van der Waals surface area contributed by atoms with E-state index in [0.717, 1.165) is 6.54 Å². The van der Waals surface area contributed by atoms with Crippen molar-refractivity contribution in [3.63, 3.8) is 0 Å². The van der Waals surface area contributed by atoms with Crippen LogP contribution in [0.2, 0.25) is 0 Å². The van der Waals surface area contributed by atoms with Gasteiger partial charge in [-0.2, -0.15) is 0 Å². The van der Waals surface area contributed by atoms with Gasteiger partial charge in [0.25, 0.3) is 0 Å². The second-order valence-corrected chi connectivity index (χ2v) is 5.45. The maximum absolute atomic E-state index is 2.60. The number of fused-ring (bicyclic) bond motifs is 1. The minimum Gasteiger partial charge on any atom is -0.371 e. The highest BCUT2D eigenvalue weighted by Crippen LogP contribution is 2.30. The lowest BCUT2D eigenvalue weighted by atomic mass is 9.96. The Balaban J connectivity index is 1.91. The third-order valence-electron chi connectivity index (χ3n) is 4.13. The van der Waals surface area contributed by atoms with Crippen LogP contribution in [0.1, 0.15) is 30.4 Å². The molecule has 0 aromatic heterocycles. The average Bonchev–Trinajstić information content (AvgIpc) is 2.39. The van der Waals surface area contributed by atoms with E-state index >= 15 is 0 Å². The lowest BCUT2D eigenvalue weighted by molar-refractivity contribution is 0.313. The van der Waals surface area contributed by atoms with Gasteiger partial charge in [0, 0.05) is 31.9 Å². The van der Waals surface area contributed by atoms with E-state index in [2.05, 4.69) is 35.0 Å². The molecule has 0 spiro atoms. The Morgan fingerprint density at radius 3 is 2.65 bits per heavy atom. The van der Waals surface area contributed by atoms with Crippen molar-refractivity contribution in [2.75, 3.05) is 31.6 Å². The molecule has 2 nitrogen and oxygen atoms in total. The van der Waals surface area contributed by atoms with E-state index in [1.165, 1.54) is 51.0 Å². The fourth-order valence-corrected chi connectivity index (χ4v) is 3.16. The first kappa shape index (κ1) is 11.1. The van der Waals surface area contributed by atoms with E-state index in [4.69, 9.17) is 0 Å². The first-order valence-electron chi connectivity index (χ1n) is 6.89. The molecule has 0 bridgehead atoms. The Labute approximate surface area is 104 Å². The van der Waals surface area contributed by atoms with E-state index in [1.54, 1.807) is 11.1 Å². The van der Waals surface area contributed by atoms with Gasteiger partial charge in [0.2, 0.25) is 0 Å². The molecule has 0 aliphatic carbocycles. The minimum atomic E-state index is 1.12. The molecule has 0 unspecified atom stereocenters. The van der Waals surface area contributed by atoms with Crippen LogP contribution in [0.3, 0.4) is 0 Å². The molecule has 1 aromatic carbocycles. The number of hydrogen-bond donors (Lipinski definition) is 0. The number of rotatable bonds is 1. The largest absolute Gasteiger partial charge is 0.371 e. The van der Waals surface area contributed by atoms with Crippen molar-refractivity contribution in [3.05, 3.63) is 29.3 Å². The van der Waals surface area contributed by atoms with Crippen LogP contribution in [0.15, 0.2) is 18.2 Å². The lowest BCUT2D eigenvalue weighted by Crippen LogP contribution is -2.33. The van der Waals surface area contributed by atoms with Crippen LogP contribution in [0.4, 0.5) is 5.69 Å². The first-order valence-corrected chi connectivity index (χ1v) is 6.89. The van der Waals surface area contributed by atoms with E-state index in [0.29, 0.717) is 0 Å². The molecule has 3 rings (SSSR count). The molecule has 92 valence electrons. The quantitative estimate of drug-likeness (QED) is 0.732. The fraction of sp³-hybridized carbons (Fsp3) is 0.600. The molecule has 0 saturated carbocycles. The van der Waals surface area contributed by atoms with Gasteiger partial charge in [-0.1, -0.05) is 12.1 Å². The van der Waals surface area contributed by atoms with Gasteiger partial charge in [-0.3, -0.25) is 0 Å². The van der Waals surface area contributed by atoms with Crippen molar-refractivity contribution < 1.29 is 0 Å². The number of nitrogens with zero attached hydrogens (tertiary/aromatic N) is 2. The predicted octanol–water partition coefficient (Wildman–Crippen LogP) is 2.66. The molecule has 1 fully saturated rings. The van der Waals surface area contributed by atoms with Crippen molar-refractivity contribution in [3.8, 4) is 0 Å². The first-order chi connectivity index (χ1) is 8.34. The Morgan fingerprint density at radius 1 is 1.00 bits per heavy atom. The average molecular weight is 230 g/mol. The van der Waals surface area contributed by atoms with Crippen molar-refractivity contribution in [1.82, 2.24) is 4.90 Å². The lowest BCUT2D eigenvalue weighted by Gasteiger charge is -2.34. The van der Waals surface area contributed by atoms with Crippen LogP contribution < -0.4 is 4.90 Å². The van der Waals surface area contributed by atoms with Crippen molar-refractivity contribution in [2.24, 2.45) is 0 Å². The molecule has 17 heavy (non-hydrogen) atoms. The number of likely N-dealkylation sites (N-methyl/N-ethyl adjacent to an activating group) is 1. The Hall–Kier alpha value is -1.02. The zero-order chi connectivity index (χ0) is 11.7. The zero-order valence-corrected chi connectivity index (χ0v) is 10.8. The van der Waals surface area contributed by atoms with Crippen LogP contribution in [0.5, 0.6) is 0 Å². The summed E-state index contributed by atoms with van der Waals surface area (Å²) in [5, 5.41) is 0. The van der Waals surface area contributed by atoms with Crippen molar-refractivity contribution >= 4 is 5.69 Å². The highest BCUT2D eigenvalue weighted by Gasteiger charge is 2.20. The van der Waals surface area contributed by atoms with Crippen molar-refractivity contribution in [1.29, 1.82) is 0 Å². The number of piperidine rings is 1. The van der Waals surface area contributed by atoms with Gasteiger partial charge < -0.3 is 9.80 Å². The Kier molecular flexibility index (Phi) is 3.06. The van der Waals surface area contributed by atoms with Crippen LogP contribution in [0, 0.1) is 0 Å². The van der Waals surface area contributed by atoms with E-state index < -0.39 is 0 Å². The monoisotopic (exact) mass is 230 g/mol. The van der Waals surface area contributed by atoms with Gasteiger partial charge in [0.1, 0.15) is 0 Å². The van der Waals surface area contributed by atoms with Gasteiger partial charge in [0.05, 0.1) is 0 Å². The third kappa shape index (κ3) is 2.19. The fourth-order valence-electron chi connectivity index (χ4n) is 3.16. The predicted molar refractivity (Wildman–Crippen MR) is 72.5 cm³/mol. The molecular formula is C15H22N2. The van der Waals surface area contributed by atoms with Gasteiger partial charge in [0.15, 0.2) is 0 Å². The summed E-state index contributed by atoms with van der Waals surface area (Å²) in [6, 6.07) is 6.87. The molecule has 1 aromatic rings. The van der Waals surface area contributed by atoms with E-state index in [9.17, 15) is 0 Å². The van der Waals surface area contributed by atoms with E-state index in [1.807, 2.05) is 0 Å². The van der Waals surface area contributed by atoms with Gasteiger partial charge in [-0.15, -0.1) is 0 Å². The molecule has 0 atom stereocenters. The van der Waals surface area contributed by atoms with Crippen LogP contribution in [0.25, 0.3) is 0 Å². The third-order valence-corrected chi connectivity index (χ3v) is 4.13. The smallest absolute Gasteiger partial charge is 0.0402 e. The van der Waals surface area contributed by atoms with Crippen LogP contribution in [-0.2, 0) is 13.0 Å². The Morgan fingerprint density at radius 2 is 1.82 bits per heavy atom. The molecule has 2 aliphatic heterocycles. The SMILES string of the molecule is CN1CCc2c(cccc2N2CCCCC2)C1. The van der Waals surface area contributed by atoms with Crippen LogP contribution in [-0.4, -0.2) is 31.6 Å². The van der Waals surface area contributed by atoms with Crippen molar-refractivity contribution in [2.45, 2.75) is 32.2 Å². The van der Waals surface area contributed by atoms with Gasteiger partial charge >= 0.3 is 0 Å². The summed E-state index contributed by atoms with van der Waals surface area (Å²) < 4.78 is 0. The molecule has 2 heterocycles. The highest BCUT2D eigenvalue weighted by molar-refractivity contribution is 5.57. The molecule has 2 heteroatoms. The summed E-state index contributed by atoms with van der Waals surface area (Å²) in [5.74, 6) is 0. The molecule has 1 saturated heterocycles. The van der Waals surface area contributed by atoms with Crippen LogP contribution >= 0.6 is 0 Å². The topological polar surface area (TPSA) is 6.48 Å². The summed E-state index contributed by atoms with van der Waals surface area (Å²) in [4.78, 5) is 5.02. The Bertz CT molecular complexity index is 394. The molecular weight excluding hydrogens is 208 g/mol. The maximum Gasteiger partial charge on any atom is 0.0402 e. The minimum absolute atomic E-state index is 1.12. The summed E-state index contributed by atoms with van der Waals surface area (Å²) in [7, 11) is 2.22. The normalized spacial score (nSPS) is 21.4. The number of hydrogen-bond acceptors (Lipinski definition) is 2. The molecule has 2 aliphatic rings. The molecule has 0 N–H and O–H groups in total. The number of anilines is 1. The zero-order valence-electron chi connectivity index (χ0n) is 10.8. The number of benzene rings is 1. The van der Waals surface area contributed by atoms with E-state index in [-0.39, 0.29) is 0 Å². The molecule has 0 amide bonds. The summed E-state index contributed by atoms with van der Waals surface area (Å²) in [6.07, 6.45) is 5.36.